The Labute approximate surface area is 246 Å². The van der Waals surface area contributed by atoms with Gasteiger partial charge in [0.2, 0.25) is 0 Å². The van der Waals surface area contributed by atoms with E-state index >= 15 is 0 Å². The minimum absolute atomic E-state index is 0.245. The molecule has 3 aromatic carbocycles. The monoisotopic (exact) mass is 652 g/mol. The van der Waals surface area contributed by atoms with Crippen molar-refractivity contribution in [2.45, 2.75) is 37.0 Å². The van der Waals surface area contributed by atoms with Crippen LogP contribution in [0, 0.1) is 3.57 Å². The maximum Gasteiger partial charge on any atom is 0.253 e. The van der Waals surface area contributed by atoms with E-state index in [2.05, 4.69) is 55.2 Å². The molecule has 4 aromatic rings. The third-order valence-corrected chi connectivity index (χ3v) is 7.39. The number of halogens is 1. The summed E-state index contributed by atoms with van der Waals surface area (Å²) >= 11 is 3.59. The van der Waals surface area contributed by atoms with Crippen molar-refractivity contribution in [1.82, 2.24) is 20.2 Å². The predicted octanol–water partition coefficient (Wildman–Crippen LogP) is 5.89. The van der Waals surface area contributed by atoms with Gasteiger partial charge in [-0.15, -0.1) is 16.8 Å². The number of rotatable bonds is 13. The summed E-state index contributed by atoms with van der Waals surface area (Å²) in [6.07, 6.45) is 3.37. The van der Waals surface area contributed by atoms with Crippen molar-refractivity contribution in [2.75, 3.05) is 5.32 Å². The second-order valence-electron chi connectivity index (χ2n) is 8.46. The van der Waals surface area contributed by atoms with Crippen molar-refractivity contribution in [3.8, 4) is 5.75 Å². The van der Waals surface area contributed by atoms with Crippen LogP contribution in [0.5, 0.6) is 5.75 Å². The van der Waals surface area contributed by atoms with Crippen molar-refractivity contribution in [3.05, 3.63) is 112 Å². The zero-order valence-corrected chi connectivity index (χ0v) is 24.4. The average Bonchev–Trinajstić information content (AvgIpc) is 3.33. The molecule has 0 fully saturated rings. The Bertz CT molecular complexity index is 1410. The van der Waals surface area contributed by atoms with E-state index < -0.39 is 5.25 Å². The summed E-state index contributed by atoms with van der Waals surface area (Å²) in [4.78, 5) is 12.8. The number of hydrogen-bond acceptors (Lipinski definition) is 7. The van der Waals surface area contributed by atoms with E-state index in [1.165, 1.54) is 15.3 Å². The molecule has 0 radical (unpaired) electrons. The van der Waals surface area contributed by atoms with E-state index in [1.54, 1.807) is 12.3 Å². The van der Waals surface area contributed by atoms with E-state index in [0.717, 1.165) is 22.6 Å². The van der Waals surface area contributed by atoms with Crippen LogP contribution in [-0.4, -0.2) is 32.1 Å². The van der Waals surface area contributed by atoms with Crippen molar-refractivity contribution >= 4 is 52.2 Å². The molecule has 0 unspecified atom stereocenters. The van der Waals surface area contributed by atoms with Gasteiger partial charge in [-0.2, -0.15) is 5.10 Å². The molecule has 0 aliphatic rings. The maximum atomic E-state index is 12.8. The summed E-state index contributed by atoms with van der Waals surface area (Å²) in [6.45, 7) is 7.14. The van der Waals surface area contributed by atoms with Gasteiger partial charge >= 0.3 is 0 Å². The van der Waals surface area contributed by atoms with E-state index in [-0.39, 0.29) is 5.91 Å². The zero-order chi connectivity index (χ0) is 27.5. The molecular formula is C29H29IN6O2S. The number of aromatic nitrogens is 3. The Kier molecular flexibility index (Phi) is 10.5. The first kappa shape index (κ1) is 28.4. The van der Waals surface area contributed by atoms with Crippen molar-refractivity contribution in [3.63, 3.8) is 0 Å². The highest BCUT2D eigenvalue weighted by atomic mass is 127. The summed E-state index contributed by atoms with van der Waals surface area (Å²) in [5.74, 6) is 1.20. The summed E-state index contributed by atoms with van der Waals surface area (Å²) in [5.41, 5.74) is 5.46. The Balaban J connectivity index is 1.33. The lowest BCUT2D eigenvalue weighted by atomic mass is 10.2. The lowest BCUT2D eigenvalue weighted by Gasteiger charge is -2.12. The van der Waals surface area contributed by atoms with Crippen molar-refractivity contribution in [1.29, 1.82) is 0 Å². The molecule has 200 valence electrons. The molecule has 0 bridgehead atoms. The first-order valence-corrected chi connectivity index (χ1v) is 14.3. The number of ether oxygens (including phenoxy) is 1. The molecule has 1 heterocycles. The van der Waals surface area contributed by atoms with Gasteiger partial charge in [0.05, 0.1) is 18.0 Å². The standard InChI is InChI=1S/C29H29IN6O2S/c1-3-17-36-27(19-31-25-15-13-24(30)14-16-25)33-35-29(36)39-21(2)28(37)34-32-18-23-11-7-8-12-26(23)38-20-22-9-5-4-6-10-22/h3-16,18,21,31H,1,17,19-20H2,2H3,(H,34,37)/b32-18+/t21-/m0/s1. The summed E-state index contributed by atoms with van der Waals surface area (Å²) in [7, 11) is 0. The van der Waals surface area contributed by atoms with Crippen LogP contribution in [-0.2, 0) is 24.5 Å². The lowest BCUT2D eigenvalue weighted by molar-refractivity contribution is -0.120. The number of thioether (sulfide) groups is 1. The lowest BCUT2D eigenvalue weighted by Crippen LogP contribution is -2.27. The molecular weight excluding hydrogens is 623 g/mol. The van der Waals surface area contributed by atoms with E-state index in [9.17, 15) is 4.79 Å². The number of allylic oxidation sites excluding steroid dienone is 1. The molecule has 39 heavy (non-hydrogen) atoms. The zero-order valence-electron chi connectivity index (χ0n) is 21.5. The molecule has 10 heteroatoms. The minimum atomic E-state index is -0.448. The normalized spacial score (nSPS) is 11.7. The SMILES string of the molecule is C=CCn1c(CNc2ccc(I)cc2)nnc1S[C@@H](C)C(=O)N/N=C/c1ccccc1OCc1ccccc1. The largest absolute Gasteiger partial charge is 0.488 e. The molecule has 2 N–H and O–H groups in total. The first-order chi connectivity index (χ1) is 19.0. The Morgan fingerprint density at radius 1 is 1.10 bits per heavy atom. The second kappa shape index (κ2) is 14.5. The Morgan fingerprint density at radius 2 is 1.85 bits per heavy atom. The molecule has 0 aliphatic heterocycles. The molecule has 0 saturated carbocycles. The van der Waals surface area contributed by atoms with Gasteiger partial charge in [-0.05, 0) is 71.5 Å². The number of amides is 1. The molecule has 1 atom stereocenters. The molecule has 0 saturated heterocycles. The topological polar surface area (TPSA) is 93.4 Å². The van der Waals surface area contributed by atoms with Gasteiger partial charge in [-0.25, -0.2) is 5.43 Å². The first-order valence-electron chi connectivity index (χ1n) is 12.3. The molecule has 1 amide bonds. The highest BCUT2D eigenvalue weighted by Crippen LogP contribution is 2.23. The third-order valence-electron chi connectivity index (χ3n) is 5.59. The van der Waals surface area contributed by atoms with Gasteiger partial charge in [-0.1, -0.05) is 60.3 Å². The van der Waals surface area contributed by atoms with Gasteiger partial charge in [0.1, 0.15) is 12.4 Å². The number of anilines is 1. The van der Waals surface area contributed by atoms with Crippen LogP contribution in [0.2, 0.25) is 0 Å². The number of nitrogens with zero attached hydrogens (tertiary/aromatic N) is 4. The number of benzene rings is 3. The number of hydrogen-bond donors (Lipinski definition) is 2. The van der Waals surface area contributed by atoms with Crippen LogP contribution in [0.1, 0.15) is 23.9 Å². The van der Waals surface area contributed by atoms with E-state index in [1.807, 2.05) is 90.4 Å². The highest BCUT2D eigenvalue weighted by Gasteiger charge is 2.19. The Morgan fingerprint density at radius 3 is 2.62 bits per heavy atom. The molecule has 0 spiro atoms. The van der Waals surface area contributed by atoms with Crippen LogP contribution in [0.25, 0.3) is 0 Å². The predicted molar refractivity (Wildman–Crippen MR) is 165 cm³/mol. The molecule has 4 rings (SSSR count). The molecule has 8 nitrogen and oxygen atoms in total. The summed E-state index contributed by atoms with van der Waals surface area (Å²) < 4.78 is 9.08. The van der Waals surface area contributed by atoms with Gasteiger partial charge in [-0.3, -0.25) is 4.79 Å². The van der Waals surface area contributed by atoms with Crippen LogP contribution in [0.3, 0.4) is 0 Å². The van der Waals surface area contributed by atoms with Gasteiger partial charge in [0.25, 0.3) is 5.91 Å². The van der Waals surface area contributed by atoms with Gasteiger partial charge in [0, 0.05) is 21.4 Å². The fourth-order valence-corrected chi connectivity index (χ4v) is 4.75. The smallest absolute Gasteiger partial charge is 0.253 e. The second-order valence-corrected chi connectivity index (χ2v) is 11.0. The van der Waals surface area contributed by atoms with Gasteiger partial charge in [0.15, 0.2) is 11.0 Å². The van der Waals surface area contributed by atoms with Gasteiger partial charge < -0.3 is 14.6 Å². The quantitative estimate of drug-likeness (QED) is 0.0616. The number of hydrazone groups is 1. The number of para-hydroxylation sites is 1. The molecule has 1 aromatic heterocycles. The van der Waals surface area contributed by atoms with E-state index in [4.69, 9.17) is 4.74 Å². The van der Waals surface area contributed by atoms with Crippen LogP contribution in [0.15, 0.2) is 102 Å². The number of carbonyl (C=O) groups excluding carboxylic acids is 1. The fourth-order valence-electron chi connectivity index (χ4n) is 3.52. The average molecular weight is 653 g/mol. The summed E-state index contributed by atoms with van der Waals surface area (Å²) in [6, 6.07) is 25.6. The third kappa shape index (κ3) is 8.42. The van der Waals surface area contributed by atoms with E-state index in [0.29, 0.717) is 30.6 Å². The highest BCUT2D eigenvalue weighted by molar-refractivity contribution is 14.1. The number of nitrogens with one attached hydrogen (secondary N) is 2. The van der Waals surface area contributed by atoms with Crippen LogP contribution in [0.4, 0.5) is 5.69 Å². The van der Waals surface area contributed by atoms with Crippen LogP contribution < -0.4 is 15.5 Å². The number of carbonyl (C=O) groups is 1. The van der Waals surface area contributed by atoms with Crippen LogP contribution >= 0.6 is 34.4 Å². The fraction of sp³-hybridized carbons (Fsp3) is 0.172. The van der Waals surface area contributed by atoms with Crippen molar-refractivity contribution < 1.29 is 9.53 Å². The maximum absolute atomic E-state index is 12.8. The summed E-state index contributed by atoms with van der Waals surface area (Å²) in [5, 5.41) is 16.4. The van der Waals surface area contributed by atoms with Crippen molar-refractivity contribution in [2.24, 2.45) is 5.10 Å². The minimum Gasteiger partial charge on any atom is -0.488 e. The Hall–Kier alpha value is -3.64. The molecule has 0 aliphatic carbocycles.